The Bertz CT molecular complexity index is 491. The van der Waals surface area contributed by atoms with Crippen LogP contribution in [0.5, 0.6) is 0 Å². The van der Waals surface area contributed by atoms with Gasteiger partial charge in [-0.15, -0.1) is 0 Å². The van der Waals surface area contributed by atoms with Gasteiger partial charge in [0.05, 0.1) is 0 Å². The Morgan fingerprint density at radius 1 is 1.15 bits per heavy atom. The zero-order chi connectivity index (χ0) is 14.1. The van der Waals surface area contributed by atoms with E-state index in [-0.39, 0.29) is 5.91 Å². The molecule has 4 heteroatoms. The fourth-order valence-corrected chi connectivity index (χ4v) is 4.02. The second-order valence-corrected chi connectivity index (χ2v) is 6.46. The molecule has 2 N–H and O–H groups in total. The molecule has 108 valence electrons. The number of likely N-dealkylation sites (tertiary alicyclic amines) is 1. The lowest BCUT2D eigenvalue weighted by Crippen LogP contribution is -2.39. The average Bonchev–Trinajstić information content (AvgIpc) is 3.07. The van der Waals surface area contributed by atoms with Crippen LogP contribution in [0.15, 0.2) is 18.2 Å². The fourth-order valence-electron chi connectivity index (χ4n) is 3.78. The minimum Gasteiger partial charge on any atom is -0.399 e. The Labute approximate surface area is 125 Å². The van der Waals surface area contributed by atoms with Crippen molar-refractivity contribution in [2.45, 2.75) is 44.6 Å². The van der Waals surface area contributed by atoms with Crippen LogP contribution in [0, 0.1) is 5.92 Å². The molecular formula is C16H21ClN2O. The quantitative estimate of drug-likeness (QED) is 0.845. The van der Waals surface area contributed by atoms with Gasteiger partial charge in [-0.1, -0.05) is 24.4 Å². The molecule has 0 bridgehead atoms. The normalized spacial score (nSPS) is 23.4. The van der Waals surface area contributed by atoms with Crippen LogP contribution < -0.4 is 5.73 Å². The van der Waals surface area contributed by atoms with E-state index in [0.29, 0.717) is 28.2 Å². The molecule has 1 aromatic carbocycles. The van der Waals surface area contributed by atoms with Gasteiger partial charge in [0.25, 0.3) is 5.91 Å². The summed E-state index contributed by atoms with van der Waals surface area (Å²) in [7, 11) is 0. The van der Waals surface area contributed by atoms with Gasteiger partial charge >= 0.3 is 0 Å². The molecule has 1 amide bonds. The molecule has 1 saturated carbocycles. The maximum Gasteiger partial charge on any atom is 0.254 e. The Morgan fingerprint density at radius 2 is 1.90 bits per heavy atom. The molecule has 1 heterocycles. The maximum atomic E-state index is 12.7. The predicted octanol–water partition coefficient (Wildman–Crippen LogP) is 3.72. The first-order valence-electron chi connectivity index (χ1n) is 7.52. The number of carbonyl (C=O) groups is 1. The van der Waals surface area contributed by atoms with Crippen LogP contribution in [0.25, 0.3) is 0 Å². The number of nitrogens with zero attached hydrogens (tertiary/aromatic N) is 1. The van der Waals surface area contributed by atoms with Crippen molar-refractivity contribution in [2.75, 3.05) is 12.3 Å². The lowest BCUT2D eigenvalue weighted by Gasteiger charge is -2.29. The highest BCUT2D eigenvalue weighted by molar-refractivity contribution is 6.31. The summed E-state index contributed by atoms with van der Waals surface area (Å²) in [6.07, 6.45) is 7.42. The number of halogens is 1. The van der Waals surface area contributed by atoms with E-state index < -0.39 is 0 Å². The average molecular weight is 293 g/mol. The van der Waals surface area contributed by atoms with Crippen LogP contribution in [0.3, 0.4) is 0 Å². The SMILES string of the molecule is Nc1cc(Cl)cc(C(=O)N2CCCC2C2CCCC2)c1. The molecule has 1 atom stereocenters. The van der Waals surface area contributed by atoms with E-state index in [1.54, 1.807) is 18.2 Å². The van der Waals surface area contributed by atoms with Crippen LogP contribution in [0.2, 0.25) is 5.02 Å². The van der Waals surface area contributed by atoms with Crippen molar-refractivity contribution in [3.63, 3.8) is 0 Å². The van der Waals surface area contributed by atoms with Gasteiger partial charge in [0, 0.05) is 28.9 Å². The number of anilines is 1. The smallest absolute Gasteiger partial charge is 0.254 e. The van der Waals surface area contributed by atoms with Crippen molar-refractivity contribution in [3.05, 3.63) is 28.8 Å². The van der Waals surface area contributed by atoms with Crippen molar-refractivity contribution in [3.8, 4) is 0 Å². The molecule has 1 unspecified atom stereocenters. The third-order valence-corrected chi connectivity index (χ3v) is 4.89. The lowest BCUT2D eigenvalue weighted by atomic mass is 9.95. The summed E-state index contributed by atoms with van der Waals surface area (Å²) in [6, 6.07) is 5.56. The van der Waals surface area contributed by atoms with Gasteiger partial charge in [0.15, 0.2) is 0 Å². The van der Waals surface area contributed by atoms with E-state index in [1.165, 1.54) is 25.7 Å². The van der Waals surface area contributed by atoms with Crippen LogP contribution in [0.1, 0.15) is 48.9 Å². The monoisotopic (exact) mass is 292 g/mol. The summed E-state index contributed by atoms with van der Waals surface area (Å²) < 4.78 is 0. The van der Waals surface area contributed by atoms with Gasteiger partial charge in [0.2, 0.25) is 0 Å². The Kier molecular flexibility index (Phi) is 3.88. The number of benzene rings is 1. The molecule has 0 aromatic heterocycles. The van der Waals surface area contributed by atoms with Gasteiger partial charge < -0.3 is 10.6 Å². The summed E-state index contributed by atoms with van der Waals surface area (Å²) in [5, 5.41) is 0.532. The zero-order valence-electron chi connectivity index (χ0n) is 11.6. The van der Waals surface area contributed by atoms with Crippen LogP contribution in [0.4, 0.5) is 5.69 Å². The second kappa shape index (κ2) is 5.65. The Morgan fingerprint density at radius 3 is 2.60 bits per heavy atom. The zero-order valence-corrected chi connectivity index (χ0v) is 12.4. The standard InChI is InChI=1S/C16H21ClN2O/c17-13-8-12(9-14(18)10-13)16(20)19-7-3-6-15(19)11-4-1-2-5-11/h8-11,15H,1-7,18H2. The predicted molar refractivity (Wildman–Crippen MR) is 81.9 cm³/mol. The van der Waals surface area contributed by atoms with E-state index >= 15 is 0 Å². The van der Waals surface area contributed by atoms with E-state index in [0.717, 1.165) is 19.4 Å². The number of hydrogen-bond donors (Lipinski definition) is 1. The number of nitrogen functional groups attached to an aromatic ring is 1. The van der Waals surface area contributed by atoms with E-state index in [2.05, 4.69) is 4.90 Å². The number of amides is 1. The summed E-state index contributed by atoms with van der Waals surface area (Å²) in [5.74, 6) is 0.784. The van der Waals surface area contributed by atoms with Gasteiger partial charge in [-0.05, 0) is 49.8 Å². The third kappa shape index (κ3) is 2.64. The van der Waals surface area contributed by atoms with Crippen molar-refractivity contribution in [2.24, 2.45) is 5.92 Å². The minimum atomic E-state index is 0.0913. The molecule has 1 aromatic rings. The fraction of sp³-hybridized carbons (Fsp3) is 0.562. The third-order valence-electron chi connectivity index (χ3n) is 4.67. The van der Waals surface area contributed by atoms with Crippen molar-refractivity contribution >= 4 is 23.2 Å². The van der Waals surface area contributed by atoms with Gasteiger partial charge in [-0.2, -0.15) is 0 Å². The molecule has 1 saturated heterocycles. The van der Waals surface area contributed by atoms with Crippen LogP contribution >= 0.6 is 11.6 Å². The first-order chi connectivity index (χ1) is 9.65. The van der Waals surface area contributed by atoms with Crippen LogP contribution in [-0.2, 0) is 0 Å². The maximum absolute atomic E-state index is 12.7. The second-order valence-electron chi connectivity index (χ2n) is 6.03. The minimum absolute atomic E-state index is 0.0913. The Balaban J connectivity index is 1.81. The topological polar surface area (TPSA) is 46.3 Å². The van der Waals surface area contributed by atoms with Crippen LogP contribution in [-0.4, -0.2) is 23.4 Å². The molecule has 1 aliphatic carbocycles. The summed E-state index contributed by atoms with van der Waals surface area (Å²) in [5.41, 5.74) is 6.98. The highest BCUT2D eigenvalue weighted by Gasteiger charge is 2.36. The molecule has 0 radical (unpaired) electrons. The lowest BCUT2D eigenvalue weighted by molar-refractivity contribution is 0.0689. The molecular weight excluding hydrogens is 272 g/mol. The van der Waals surface area contributed by atoms with Gasteiger partial charge in [0.1, 0.15) is 0 Å². The van der Waals surface area contributed by atoms with Crippen molar-refractivity contribution in [1.29, 1.82) is 0 Å². The molecule has 1 aliphatic heterocycles. The van der Waals surface area contributed by atoms with E-state index in [1.807, 2.05) is 0 Å². The molecule has 0 spiro atoms. The molecule has 2 aliphatic rings. The van der Waals surface area contributed by atoms with Crippen molar-refractivity contribution in [1.82, 2.24) is 4.90 Å². The number of nitrogens with two attached hydrogens (primary N) is 1. The summed E-state index contributed by atoms with van der Waals surface area (Å²) >= 11 is 6.01. The summed E-state index contributed by atoms with van der Waals surface area (Å²) in [6.45, 7) is 0.867. The highest BCUT2D eigenvalue weighted by Crippen LogP contribution is 2.36. The number of rotatable bonds is 2. The number of carbonyl (C=O) groups excluding carboxylic acids is 1. The molecule has 3 rings (SSSR count). The molecule has 20 heavy (non-hydrogen) atoms. The first kappa shape index (κ1) is 13.7. The molecule has 2 fully saturated rings. The number of hydrogen-bond acceptors (Lipinski definition) is 2. The first-order valence-corrected chi connectivity index (χ1v) is 7.90. The largest absolute Gasteiger partial charge is 0.399 e. The van der Waals surface area contributed by atoms with Gasteiger partial charge in [-0.3, -0.25) is 4.79 Å². The highest BCUT2D eigenvalue weighted by atomic mass is 35.5. The Hall–Kier alpha value is -1.22. The summed E-state index contributed by atoms with van der Waals surface area (Å²) in [4.78, 5) is 14.8. The van der Waals surface area contributed by atoms with Gasteiger partial charge in [-0.25, -0.2) is 0 Å². The van der Waals surface area contributed by atoms with Crippen molar-refractivity contribution < 1.29 is 4.79 Å². The molecule has 3 nitrogen and oxygen atoms in total. The van der Waals surface area contributed by atoms with E-state index in [4.69, 9.17) is 17.3 Å². The van der Waals surface area contributed by atoms with E-state index in [9.17, 15) is 4.79 Å².